The van der Waals surface area contributed by atoms with Crippen LogP contribution >= 0.6 is 0 Å². The van der Waals surface area contributed by atoms with E-state index in [1.165, 1.54) is 12.1 Å². The fourth-order valence-electron chi connectivity index (χ4n) is 0.890. The third-order valence-corrected chi connectivity index (χ3v) is 1.87. The van der Waals surface area contributed by atoms with Crippen LogP contribution in [0.5, 0.6) is 0 Å². The Hall–Kier alpha value is -1.98. The molecule has 6 nitrogen and oxygen atoms in total. The summed E-state index contributed by atoms with van der Waals surface area (Å²) in [5, 5.41) is 11.3. The summed E-state index contributed by atoms with van der Waals surface area (Å²) in [6.07, 6.45) is 0. The van der Waals surface area contributed by atoms with Gasteiger partial charge in [0.15, 0.2) is 5.88 Å². The Morgan fingerprint density at radius 2 is 2.07 bits per heavy atom. The van der Waals surface area contributed by atoms with E-state index in [2.05, 4.69) is 5.32 Å². The molecule has 0 unspecified atom stereocenters. The Morgan fingerprint density at radius 1 is 1.47 bits per heavy atom. The summed E-state index contributed by atoms with van der Waals surface area (Å²) >= 11 is 0. The molecule has 0 fully saturated rings. The zero-order valence-electron chi connectivity index (χ0n) is 8.40. The van der Waals surface area contributed by atoms with Crippen LogP contribution in [-0.2, 0) is 4.79 Å². The fraction of sp³-hybridized carbons (Fsp3) is 0.333. The number of carbonyl (C=O) groups excluding carboxylic acids is 1. The van der Waals surface area contributed by atoms with Crippen LogP contribution in [0.2, 0.25) is 0 Å². The second-order valence-corrected chi connectivity index (χ2v) is 3.58. The molecule has 0 aliphatic heterocycles. The quantitative estimate of drug-likeness (QED) is 0.679. The zero-order valence-corrected chi connectivity index (χ0v) is 8.40. The maximum Gasteiger partial charge on any atom is 0.371 e. The van der Waals surface area contributed by atoms with E-state index in [0.717, 1.165) is 0 Å². The first-order valence-corrected chi connectivity index (χ1v) is 4.24. The topological polar surface area (TPSA) is 106 Å². The van der Waals surface area contributed by atoms with E-state index in [-0.39, 0.29) is 11.6 Å². The van der Waals surface area contributed by atoms with Gasteiger partial charge in [0.05, 0.1) is 0 Å². The van der Waals surface area contributed by atoms with Gasteiger partial charge in [-0.2, -0.15) is 0 Å². The summed E-state index contributed by atoms with van der Waals surface area (Å²) in [7, 11) is 0. The molecule has 0 aromatic carbocycles. The van der Waals surface area contributed by atoms with E-state index in [1.807, 2.05) is 0 Å². The number of carboxylic acid groups (broad SMARTS) is 1. The number of amides is 1. The summed E-state index contributed by atoms with van der Waals surface area (Å²) in [6, 6.07) is 2.72. The van der Waals surface area contributed by atoms with Gasteiger partial charge in [-0.25, -0.2) is 4.79 Å². The van der Waals surface area contributed by atoms with E-state index in [4.69, 9.17) is 15.3 Å². The summed E-state index contributed by atoms with van der Waals surface area (Å²) < 4.78 is 4.91. The van der Waals surface area contributed by atoms with Gasteiger partial charge in [0.1, 0.15) is 5.54 Å². The van der Waals surface area contributed by atoms with Crippen LogP contribution in [0.1, 0.15) is 24.4 Å². The summed E-state index contributed by atoms with van der Waals surface area (Å²) in [5.74, 6) is -1.73. The summed E-state index contributed by atoms with van der Waals surface area (Å²) in [5.41, 5.74) is 4.13. The van der Waals surface area contributed by atoms with Crippen molar-refractivity contribution < 1.29 is 19.1 Å². The standard InChI is InChI=1S/C9H12N2O4/c1-9(2,8(10)14)11-6-4-3-5(15-6)7(12)13/h3-4,11H,1-2H3,(H2,10,14)(H,12,13). The average molecular weight is 212 g/mol. The van der Waals surface area contributed by atoms with Crippen LogP contribution in [0, 0.1) is 0 Å². The number of primary amides is 1. The van der Waals surface area contributed by atoms with E-state index < -0.39 is 17.4 Å². The number of nitrogens with one attached hydrogen (secondary N) is 1. The lowest BCUT2D eigenvalue weighted by Gasteiger charge is -2.21. The molecule has 15 heavy (non-hydrogen) atoms. The molecule has 1 aromatic rings. The van der Waals surface area contributed by atoms with Gasteiger partial charge in [-0.05, 0) is 19.9 Å². The van der Waals surface area contributed by atoms with E-state index >= 15 is 0 Å². The van der Waals surface area contributed by atoms with Gasteiger partial charge in [-0.3, -0.25) is 4.79 Å². The number of rotatable bonds is 4. The van der Waals surface area contributed by atoms with Crippen LogP contribution in [0.15, 0.2) is 16.5 Å². The van der Waals surface area contributed by atoms with Crippen molar-refractivity contribution in [2.24, 2.45) is 5.73 Å². The number of hydrogen-bond donors (Lipinski definition) is 3. The zero-order chi connectivity index (χ0) is 11.6. The molecular weight excluding hydrogens is 200 g/mol. The molecule has 1 heterocycles. The predicted octanol–water partition coefficient (Wildman–Crippen LogP) is 0.654. The maximum atomic E-state index is 11.0. The maximum absolute atomic E-state index is 11.0. The van der Waals surface area contributed by atoms with Crippen molar-refractivity contribution >= 4 is 17.8 Å². The van der Waals surface area contributed by atoms with Gasteiger partial charge in [0, 0.05) is 6.07 Å². The number of nitrogens with two attached hydrogens (primary N) is 1. The Morgan fingerprint density at radius 3 is 2.47 bits per heavy atom. The first-order chi connectivity index (χ1) is 6.83. The highest BCUT2D eigenvalue weighted by atomic mass is 16.4. The molecule has 4 N–H and O–H groups in total. The highest BCUT2D eigenvalue weighted by Gasteiger charge is 2.25. The summed E-state index contributed by atoms with van der Waals surface area (Å²) in [4.78, 5) is 21.5. The van der Waals surface area contributed by atoms with Gasteiger partial charge in [-0.15, -0.1) is 0 Å². The number of hydrogen-bond acceptors (Lipinski definition) is 4. The van der Waals surface area contributed by atoms with E-state index in [9.17, 15) is 9.59 Å². The molecule has 0 aliphatic carbocycles. The van der Waals surface area contributed by atoms with Gasteiger partial charge < -0.3 is 20.6 Å². The van der Waals surface area contributed by atoms with Gasteiger partial charge in [-0.1, -0.05) is 0 Å². The van der Waals surface area contributed by atoms with E-state index in [0.29, 0.717) is 0 Å². The number of carboxylic acids is 1. The van der Waals surface area contributed by atoms with Crippen molar-refractivity contribution in [2.75, 3.05) is 5.32 Å². The predicted molar refractivity (Wildman–Crippen MR) is 52.6 cm³/mol. The Labute approximate surface area is 86.1 Å². The summed E-state index contributed by atoms with van der Waals surface area (Å²) in [6.45, 7) is 3.14. The molecule has 0 atom stereocenters. The highest BCUT2D eigenvalue weighted by Crippen LogP contribution is 2.18. The molecule has 1 aromatic heterocycles. The molecule has 0 saturated carbocycles. The Kier molecular flexibility index (Phi) is 2.69. The van der Waals surface area contributed by atoms with Crippen LogP contribution < -0.4 is 11.1 Å². The number of furan rings is 1. The Balaban J connectivity index is 2.82. The minimum atomic E-state index is -1.17. The largest absolute Gasteiger partial charge is 0.475 e. The third-order valence-electron chi connectivity index (χ3n) is 1.87. The number of anilines is 1. The molecule has 0 aliphatic rings. The van der Waals surface area contributed by atoms with Gasteiger partial charge >= 0.3 is 5.97 Å². The monoisotopic (exact) mass is 212 g/mol. The first kappa shape index (κ1) is 11.1. The minimum Gasteiger partial charge on any atom is -0.475 e. The molecule has 1 rings (SSSR count). The normalized spacial score (nSPS) is 11.1. The second-order valence-electron chi connectivity index (χ2n) is 3.58. The lowest BCUT2D eigenvalue weighted by Crippen LogP contribution is -2.44. The fourth-order valence-corrected chi connectivity index (χ4v) is 0.890. The SMILES string of the molecule is CC(C)(Nc1ccc(C(=O)O)o1)C(N)=O. The second kappa shape index (κ2) is 3.64. The molecule has 1 amide bonds. The molecule has 0 spiro atoms. The van der Waals surface area contributed by atoms with Crippen LogP contribution in [0.4, 0.5) is 5.88 Å². The van der Waals surface area contributed by atoms with Gasteiger partial charge in [0.25, 0.3) is 0 Å². The van der Waals surface area contributed by atoms with Crippen molar-refractivity contribution in [2.45, 2.75) is 19.4 Å². The minimum absolute atomic E-state index is 0.191. The first-order valence-electron chi connectivity index (χ1n) is 4.24. The number of aromatic carboxylic acids is 1. The van der Waals surface area contributed by atoms with Crippen molar-refractivity contribution in [3.63, 3.8) is 0 Å². The van der Waals surface area contributed by atoms with Crippen LogP contribution in [0.3, 0.4) is 0 Å². The van der Waals surface area contributed by atoms with Gasteiger partial charge in [0.2, 0.25) is 11.7 Å². The molecule has 0 bridgehead atoms. The lowest BCUT2D eigenvalue weighted by molar-refractivity contribution is -0.121. The molecule has 0 radical (unpaired) electrons. The lowest BCUT2D eigenvalue weighted by atomic mass is 10.1. The van der Waals surface area contributed by atoms with Crippen LogP contribution in [-0.4, -0.2) is 22.5 Å². The molecule has 0 saturated heterocycles. The van der Waals surface area contributed by atoms with E-state index in [1.54, 1.807) is 13.8 Å². The van der Waals surface area contributed by atoms with Crippen molar-refractivity contribution in [1.82, 2.24) is 0 Å². The van der Waals surface area contributed by atoms with Crippen LogP contribution in [0.25, 0.3) is 0 Å². The van der Waals surface area contributed by atoms with Crippen molar-refractivity contribution in [3.8, 4) is 0 Å². The number of carbonyl (C=O) groups is 2. The molecule has 82 valence electrons. The smallest absolute Gasteiger partial charge is 0.371 e. The highest BCUT2D eigenvalue weighted by molar-refractivity contribution is 5.87. The molecular formula is C9H12N2O4. The van der Waals surface area contributed by atoms with Crippen molar-refractivity contribution in [1.29, 1.82) is 0 Å². The third kappa shape index (κ3) is 2.49. The molecule has 6 heteroatoms. The van der Waals surface area contributed by atoms with Crippen molar-refractivity contribution in [3.05, 3.63) is 17.9 Å². The Bertz CT molecular complexity index is 395. The average Bonchev–Trinajstić information content (AvgIpc) is 2.51.